The van der Waals surface area contributed by atoms with Crippen molar-refractivity contribution in [1.29, 1.82) is 0 Å². The van der Waals surface area contributed by atoms with Gasteiger partial charge in [0.25, 0.3) is 0 Å². The SMILES string of the molecule is CCCNC1CCC(C)CC1N(C)C1CC1. The molecule has 2 fully saturated rings. The summed E-state index contributed by atoms with van der Waals surface area (Å²) in [6.07, 6.45) is 8.31. The average molecular weight is 224 g/mol. The maximum Gasteiger partial charge on any atom is 0.0251 e. The van der Waals surface area contributed by atoms with E-state index in [1.54, 1.807) is 0 Å². The molecule has 2 aliphatic rings. The van der Waals surface area contributed by atoms with Gasteiger partial charge in [0.1, 0.15) is 0 Å². The Labute approximate surface area is 101 Å². The van der Waals surface area contributed by atoms with Crippen LogP contribution >= 0.6 is 0 Å². The molecule has 3 unspecified atom stereocenters. The Hall–Kier alpha value is -0.0800. The van der Waals surface area contributed by atoms with Crippen LogP contribution in [0.5, 0.6) is 0 Å². The third-order valence-electron chi connectivity index (χ3n) is 4.38. The Kier molecular flexibility index (Phi) is 4.26. The van der Waals surface area contributed by atoms with Crippen LogP contribution in [0.1, 0.15) is 52.4 Å². The molecule has 0 amide bonds. The molecule has 0 aromatic rings. The van der Waals surface area contributed by atoms with Crippen LogP contribution in [0.25, 0.3) is 0 Å². The Morgan fingerprint density at radius 3 is 2.56 bits per heavy atom. The zero-order chi connectivity index (χ0) is 11.5. The first kappa shape index (κ1) is 12.4. The number of rotatable bonds is 5. The number of hydrogen-bond acceptors (Lipinski definition) is 2. The molecule has 2 aliphatic carbocycles. The van der Waals surface area contributed by atoms with Crippen molar-refractivity contribution < 1.29 is 0 Å². The van der Waals surface area contributed by atoms with Gasteiger partial charge >= 0.3 is 0 Å². The molecule has 0 aromatic heterocycles. The maximum atomic E-state index is 3.76. The molecule has 1 N–H and O–H groups in total. The molecule has 3 atom stereocenters. The van der Waals surface area contributed by atoms with Gasteiger partial charge in [0.15, 0.2) is 0 Å². The predicted molar refractivity (Wildman–Crippen MR) is 69.7 cm³/mol. The lowest BCUT2D eigenvalue weighted by Gasteiger charge is -2.41. The quantitative estimate of drug-likeness (QED) is 0.772. The summed E-state index contributed by atoms with van der Waals surface area (Å²) in [6, 6.07) is 2.45. The minimum absolute atomic E-state index is 0.752. The lowest BCUT2D eigenvalue weighted by Crippen LogP contribution is -2.52. The van der Waals surface area contributed by atoms with Gasteiger partial charge in [-0.3, -0.25) is 4.90 Å². The molecule has 2 rings (SSSR count). The van der Waals surface area contributed by atoms with Crippen molar-refractivity contribution in [1.82, 2.24) is 10.2 Å². The number of nitrogens with zero attached hydrogens (tertiary/aromatic N) is 1. The average Bonchev–Trinajstić information content (AvgIpc) is 3.10. The van der Waals surface area contributed by atoms with Gasteiger partial charge in [0.05, 0.1) is 0 Å². The molecular formula is C14H28N2. The summed E-state index contributed by atoms with van der Waals surface area (Å²) in [7, 11) is 2.35. The molecule has 2 heteroatoms. The van der Waals surface area contributed by atoms with E-state index in [4.69, 9.17) is 0 Å². The van der Waals surface area contributed by atoms with Crippen LogP contribution in [0.2, 0.25) is 0 Å². The third kappa shape index (κ3) is 2.98. The van der Waals surface area contributed by atoms with Crippen LogP contribution < -0.4 is 5.32 Å². The van der Waals surface area contributed by atoms with Gasteiger partial charge in [0.2, 0.25) is 0 Å². The summed E-state index contributed by atoms with van der Waals surface area (Å²) >= 11 is 0. The van der Waals surface area contributed by atoms with Gasteiger partial charge in [-0.25, -0.2) is 0 Å². The number of likely N-dealkylation sites (N-methyl/N-ethyl adjacent to an activating group) is 1. The van der Waals surface area contributed by atoms with Crippen LogP contribution in [0.15, 0.2) is 0 Å². The summed E-state index contributed by atoms with van der Waals surface area (Å²) in [5.74, 6) is 0.922. The second-order valence-corrected chi connectivity index (χ2v) is 5.94. The minimum Gasteiger partial charge on any atom is -0.312 e. The zero-order valence-corrected chi connectivity index (χ0v) is 11.2. The summed E-state index contributed by atoms with van der Waals surface area (Å²) in [5, 5.41) is 3.76. The standard InChI is InChI=1S/C14H28N2/c1-4-9-15-13-8-5-11(2)10-14(13)16(3)12-6-7-12/h11-15H,4-10H2,1-3H3. The summed E-state index contributed by atoms with van der Waals surface area (Å²) < 4.78 is 0. The van der Waals surface area contributed by atoms with Crippen molar-refractivity contribution in [3.05, 3.63) is 0 Å². The van der Waals surface area contributed by atoms with Crippen molar-refractivity contribution in [3.8, 4) is 0 Å². The lowest BCUT2D eigenvalue weighted by atomic mass is 9.82. The van der Waals surface area contributed by atoms with Crippen LogP contribution in [-0.2, 0) is 0 Å². The van der Waals surface area contributed by atoms with Gasteiger partial charge in [-0.2, -0.15) is 0 Å². The van der Waals surface area contributed by atoms with E-state index in [0.29, 0.717) is 0 Å². The molecule has 0 spiro atoms. The highest BCUT2D eigenvalue weighted by Gasteiger charge is 2.37. The van der Waals surface area contributed by atoms with E-state index >= 15 is 0 Å². The second-order valence-electron chi connectivity index (χ2n) is 5.94. The number of nitrogens with one attached hydrogen (secondary N) is 1. The molecule has 16 heavy (non-hydrogen) atoms. The van der Waals surface area contributed by atoms with Gasteiger partial charge in [-0.15, -0.1) is 0 Å². The van der Waals surface area contributed by atoms with Gasteiger partial charge < -0.3 is 5.32 Å². The molecule has 94 valence electrons. The van der Waals surface area contributed by atoms with Crippen molar-refractivity contribution in [2.75, 3.05) is 13.6 Å². The van der Waals surface area contributed by atoms with E-state index in [1.807, 2.05) is 0 Å². The zero-order valence-electron chi connectivity index (χ0n) is 11.2. The van der Waals surface area contributed by atoms with E-state index in [0.717, 1.165) is 24.0 Å². The van der Waals surface area contributed by atoms with Crippen molar-refractivity contribution in [2.24, 2.45) is 5.92 Å². The van der Waals surface area contributed by atoms with Crippen LogP contribution in [-0.4, -0.2) is 36.6 Å². The van der Waals surface area contributed by atoms with Gasteiger partial charge in [-0.05, 0) is 58.0 Å². The van der Waals surface area contributed by atoms with E-state index < -0.39 is 0 Å². The van der Waals surface area contributed by atoms with Crippen molar-refractivity contribution >= 4 is 0 Å². The molecular weight excluding hydrogens is 196 g/mol. The highest BCUT2D eigenvalue weighted by atomic mass is 15.2. The molecule has 0 saturated heterocycles. The Morgan fingerprint density at radius 2 is 1.94 bits per heavy atom. The second kappa shape index (κ2) is 5.50. The highest BCUT2D eigenvalue weighted by molar-refractivity contribution is 4.95. The molecule has 0 heterocycles. The van der Waals surface area contributed by atoms with Crippen molar-refractivity contribution in [2.45, 2.75) is 70.5 Å². The number of hydrogen-bond donors (Lipinski definition) is 1. The van der Waals surface area contributed by atoms with E-state index in [9.17, 15) is 0 Å². The summed E-state index contributed by atoms with van der Waals surface area (Å²) in [6.45, 7) is 5.87. The molecule has 0 bridgehead atoms. The van der Waals surface area contributed by atoms with Crippen LogP contribution in [0.3, 0.4) is 0 Å². The van der Waals surface area contributed by atoms with Gasteiger partial charge in [0, 0.05) is 18.1 Å². The summed E-state index contributed by atoms with van der Waals surface area (Å²) in [5.41, 5.74) is 0. The van der Waals surface area contributed by atoms with E-state index in [1.165, 1.54) is 45.1 Å². The van der Waals surface area contributed by atoms with Crippen LogP contribution in [0, 0.1) is 5.92 Å². The van der Waals surface area contributed by atoms with E-state index in [-0.39, 0.29) is 0 Å². The smallest absolute Gasteiger partial charge is 0.0251 e. The summed E-state index contributed by atoms with van der Waals surface area (Å²) in [4.78, 5) is 2.67. The largest absolute Gasteiger partial charge is 0.312 e. The fraction of sp³-hybridized carbons (Fsp3) is 1.00. The maximum absolute atomic E-state index is 3.76. The minimum atomic E-state index is 0.752. The third-order valence-corrected chi connectivity index (χ3v) is 4.38. The topological polar surface area (TPSA) is 15.3 Å². The highest BCUT2D eigenvalue weighted by Crippen LogP contribution is 2.34. The normalized spacial score (nSPS) is 35.6. The van der Waals surface area contributed by atoms with Crippen LogP contribution in [0.4, 0.5) is 0 Å². The first-order chi connectivity index (χ1) is 7.72. The molecule has 2 nitrogen and oxygen atoms in total. The van der Waals surface area contributed by atoms with Crippen molar-refractivity contribution in [3.63, 3.8) is 0 Å². The molecule has 2 saturated carbocycles. The fourth-order valence-corrected chi connectivity index (χ4v) is 3.12. The Bertz CT molecular complexity index is 211. The molecule has 0 aliphatic heterocycles. The molecule has 0 aromatic carbocycles. The van der Waals surface area contributed by atoms with Gasteiger partial charge in [-0.1, -0.05) is 13.8 Å². The first-order valence-electron chi connectivity index (χ1n) is 7.17. The Morgan fingerprint density at radius 1 is 1.19 bits per heavy atom. The monoisotopic (exact) mass is 224 g/mol. The lowest BCUT2D eigenvalue weighted by molar-refractivity contribution is 0.118. The van der Waals surface area contributed by atoms with E-state index in [2.05, 4.69) is 31.1 Å². The first-order valence-corrected chi connectivity index (χ1v) is 7.17. The Balaban J connectivity index is 1.91. The fourth-order valence-electron chi connectivity index (χ4n) is 3.12. The predicted octanol–water partition coefficient (Wildman–Crippen LogP) is 2.64. The molecule has 0 radical (unpaired) electrons.